The first-order valence-corrected chi connectivity index (χ1v) is 11.4. The van der Waals surface area contributed by atoms with Gasteiger partial charge in [-0.15, -0.1) is 0 Å². The van der Waals surface area contributed by atoms with Crippen LogP contribution >= 0.6 is 0 Å². The lowest BCUT2D eigenvalue weighted by Crippen LogP contribution is -2.22. The van der Waals surface area contributed by atoms with Crippen molar-refractivity contribution in [2.75, 3.05) is 26.5 Å². The molecule has 33 heavy (non-hydrogen) atoms. The van der Waals surface area contributed by atoms with E-state index in [1.165, 1.54) is 45.7 Å². The van der Waals surface area contributed by atoms with Crippen molar-refractivity contribution in [1.82, 2.24) is 19.1 Å². The zero-order valence-corrected chi connectivity index (χ0v) is 19.6. The fourth-order valence-corrected chi connectivity index (χ4v) is 4.45. The third kappa shape index (κ3) is 3.96. The number of benzene rings is 1. The average molecular weight is 470 g/mol. The summed E-state index contributed by atoms with van der Waals surface area (Å²) in [5.41, 5.74) is 2.16. The van der Waals surface area contributed by atoms with Gasteiger partial charge in [-0.25, -0.2) is 17.7 Å². The number of furan rings is 1. The minimum atomic E-state index is -3.71. The topological polar surface area (TPSA) is 120 Å². The Morgan fingerprint density at radius 2 is 1.97 bits per heavy atom. The van der Waals surface area contributed by atoms with Gasteiger partial charge in [0.25, 0.3) is 5.91 Å². The average Bonchev–Trinajstić information content (AvgIpc) is 3.41. The van der Waals surface area contributed by atoms with Crippen molar-refractivity contribution in [2.45, 2.75) is 11.8 Å². The monoisotopic (exact) mass is 469 g/mol. The third-order valence-corrected chi connectivity index (χ3v) is 7.00. The molecule has 0 aliphatic carbocycles. The van der Waals surface area contributed by atoms with E-state index in [1.54, 1.807) is 36.9 Å². The molecule has 1 amide bonds. The third-order valence-electron chi connectivity index (χ3n) is 5.18. The van der Waals surface area contributed by atoms with Gasteiger partial charge in [-0.2, -0.15) is 5.10 Å². The predicted octanol–water partition coefficient (Wildman–Crippen LogP) is 3.05. The Hall–Kier alpha value is -3.70. The molecule has 0 saturated carbocycles. The molecule has 0 atom stereocenters. The van der Waals surface area contributed by atoms with Gasteiger partial charge in [-0.1, -0.05) is 0 Å². The Balaban J connectivity index is 1.83. The summed E-state index contributed by atoms with van der Waals surface area (Å²) in [6, 6.07) is 9.40. The number of ether oxygens (including phenoxy) is 1. The number of carbonyl (C=O) groups excluding carboxylic acids is 1. The van der Waals surface area contributed by atoms with Gasteiger partial charge in [0.1, 0.15) is 11.4 Å². The van der Waals surface area contributed by atoms with E-state index in [1.807, 2.05) is 0 Å². The second-order valence-corrected chi connectivity index (χ2v) is 9.70. The zero-order valence-electron chi connectivity index (χ0n) is 18.8. The minimum absolute atomic E-state index is 0.0253. The lowest BCUT2D eigenvalue weighted by Gasteiger charge is -2.15. The standard InChI is InChI=1S/C22H23N5O5S/c1-13-20-15(12-17(19-7-6-10-32-19)23-21(20)27(4)25-13)22(28)24-16-11-14(8-9-18(16)31-5)33(29,30)26(2)3/h6-12H,1-5H3,(H,24,28). The zero-order chi connectivity index (χ0) is 23.9. The molecule has 0 unspecified atom stereocenters. The molecule has 0 fully saturated rings. The summed E-state index contributed by atoms with van der Waals surface area (Å²) in [6.07, 6.45) is 1.52. The van der Waals surface area contributed by atoms with Crippen LogP contribution < -0.4 is 10.1 Å². The van der Waals surface area contributed by atoms with E-state index < -0.39 is 15.9 Å². The lowest BCUT2D eigenvalue weighted by molar-refractivity contribution is 0.102. The SMILES string of the molecule is COc1ccc(S(=O)(=O)N(C)C)cc1NC(=O)c1cc(-c2ccco2)nc2c1c(C)nn2C. The van der Waals surface area contributed by atoms with Crippen LogP contribution in [0.2, 0.25) is 0 Å². The Bertz CT molecular complexity index is 1460. The normalized spacial score (nSPS) is 11.8. The Kier molecular flexibility index (Phi) is 5.68. The van der Waals surface area contributed by atoms with Crippen LogP contribution in [0.3, 0.4) is 0 Å². The van der Waals surface area contributed by atoms with Gasteiger partial charge in [-0.3, -0.25) is 9.48 Å². The molecule has 0 aliphatic heterocycles. The van der Waals surface area contributed by atoms with E-state index in [9.17, 15) is 13.2 Å². The summed E-state index contributed by atoms with van der Waals surface area (Å²) in [7, 11) is 2.35. The van der Waals surface area contributed by atoms with E-state index in [0.717, 1.165) is 4.31 Å². The van der Waals surface area contributed by atoms with Crippen LogP contribution in [0, 0.1) is 6.92 Å². The van der Waals surface area contributed by atoms with Crippen molar-refractivity contribution >= 4 is 32.7 Å². The maximum absolute atomic E-state index is 13.5. The second kappa shape index (κ2) is 8.34. The Morgan fingerprint density at radius 1 is 1.21 bits per heavy atom. The molecule has 0 bridgehead atoms. The Morgan fingerprint density at radius 3 is 2.61 bits per heavy atom. The van der Waals surface area contributed by atoms with Gasteiger partial charge in [0.2, 0.25) is 10.0 Å². The first kappa shape index (κ1) is 22.5. The number of methoxy groups -OCH3 is 1. The van der Waals surface area contributed by atoms with Crippen molar-refractivity contribution in [3.8, 4) is 17.2 Å². The highest BCUT2D eigenvalue weighted by Crippen LogP contribution is 2.31. The summed E-state index contributed by atoms with van der Waals surface area (Å²) >= 11 is 0. The highest BCUT2D eigenvalue weighted by Gasteiger charge is 2.23. The predicted molar refractivity (Wildman–Crippen MR) is 123 cm³/mol. The first-order valence-electron chi connectivity index (χ1n) is 9.93. The molecule has 0 spiro atoms. The molecule has 0 aliphatic rings. The number of sulfonamides is 1. The number of aryl methyl sites for hydroxylation is 2. The van der Waals surface area contributed by atoms with Gasteiger partial charge in [0.15, 0.2) is 11.4 Å². The van der Waals surface area contributed by atoms with Crippen molar-refractivity contribution in [3.05, 3.63) is 53.9 Å². The molecule has 4 aromatic rings. The van der Waals surface area contributed by atoms with Crippen LogP contribution in [-0.2, 0) is 17.1 Å². The van der Waals surface area contributed by atoms with Gasteiger partial charge in [0.05, 0.1) is 40.6 Å². The van der Waals surface area contributed by atoms with E-state index in [4.69, 9.17) is 9.15 Å². The van der Waals surface area contributed by atoms with E-state index in [2.05, 4.69) is 15.4 Å². The van der Waals surface area contributed by atoms with Gasteiger partial charge < -0.3 is 14.5 Å². The fraction of sp³-hybridized carbons (Fsp3) is 0.227. The first-order chi connectivity index (χ1) is 15.6. The number of nitrogens with zero attached hydrogens (tertiary/aromatic N) is 4. The number of hydrogen-bond acceptors (Lipinski definition) is 7. The number of rotatable bonds is 6. The van der Waals surface area contributed by atoms with Crippen LogP contribution in [0.4, 0.5) is 5.69 Å². The van der Waals surface area contributed by atoms with Crippen LogP contribution in [-0.4, -0.2) is 54.6 Å². The van der Waals surface area contributed by atoms with Crippen molar-refractivity contribution in [3.63, 3.8) is 0 Å². The lowest BCUT2D eigenvalue weighted by atomic mass is 10.1. The smallest absolute Gasteiger partial charge is 0.256 e. The number of aromatic nitrogens is 3. The van der Waals surface area contributed by atoms with Crippen LogP contribution in [0.15, 0.2) is 52.0 Å². The summed E-state index contributed by atoms with van der Waals surface area (Å²) in [5, 5.41) is 7.77. The maximum atomic E-state index is 13.5. The van der Waals surface area contributed by atoms with Gasteiger partial charge in [-0.05, 0) is 43.3 Å². The molecule has 4 rings (SSSR count). The molecule has 11 heteroatoms. The minimum Gasteiger partial charge on any atom is -0.495 e. The highest BCUT2D eigenvalue weighted by molar-refractivity contribution is 7.89. The van der Waals surface area contributed by atoms with Crippen LogP contribution in [0.25, 0.3) is 22.5 Å². The summed E-state index contributed by atoms with van der Waals surface area (Å²) < 4.78 is 38.7. The van der Waals surface area contributed by atoms with Crippen molar-refractivity contribution in [2.24, 2.45) is 7.05 Å². The molecule has 10 nitrogen and oxygen atoms in total. The number of anilines is 1. The second-order valence-electron chi connectivity index (χ2n) is 7.54. The molecule has 3 heterocycles. The van der Waals surface area contributed by atoms with E-state index in [-0.39, 0.29) is 10.6 Å². The molecular weight excluding hydrogens is 446 g/mol. The number of fused-ring (bicyclic) bond motifs is 1. The summed E-state index contributed by atoms with van der Waals surface area (Å²) in [4.78, 5) is 18.1. The highest BCUT2D eigenvalue weighted by atomic mass is 32.2. The summed E-state index contributed by atoms with van der Waals surface area (Å²) in [5.74, 6) is 0.353. The number of amides is 1. The number of nitrogens with one attached hydrogen (secondary N) is 1. The summed E-state index contributed by atoms with van der Waals surface area (Å²) in [6.45, 7) is 1.79. The largest absolute Gasteiger partial charge is 0.495 e. The van der Waals surface area contributed by atoms with E-state index in [0.29, 0.717) is 39.5 Å². The molecule has 1 aromatic carbocycles. The van der Waals surface area contributed by atoms with Gasteiger partial charge in [0, 0.05) is 21.1 Å². The Labute approximate surface area is 190 Å². The quantitative estimate of drug-likeness (QED) is 0.461. The van der Waals surface area contributed by atoms with Gasteiger partial charge >= 0.3 is 0 Å². The van der Waals surface area contributed by atoms with E-state index >= 15 is 0 Å². The maximum Gasteiger partial charge on any atom is 0.256 e. The number of pyridine rings is 1. The molecule has 1 N–H and O–H groups in total. The van der Waals surface area contributed by atoms with Crippen LogP contribution in [0.5, 0.6) is 5.75 Å². The molecular formula is C22H23N5O5S. The van der Waals surface area contributed by atoms with Crippen LogP contribution in [0.1, 0.15) is 16.1 Å². The molecule has 0 saturated heterocycles. The van der Waals surface area contributed by atoms with Crippen molar-refractivity contribution < 1.29 is 22.4 Å². The fourth-order valence-electron chi connectivity index (χ4n) is 3.52. The number of carbonyl (C=O) groups is 1. The number of hydrogen-bond donors (Lipinski definition) is 1. The molecule has 3 aromatic heterocycles. The molecule has 172 valence electrons. The molecule has 0 radical (unpaired) electrons. The van der Waals surface area contributed by atoms with Crippen molar-refractivity contribution in [1.29, 1.82) is 0 Å².